The second kappa shape index (κ2) is 12.0. The van der Waals surface area contributed by atoms with Gasteiger partial charge in [0.25, 0.3) is 0 Å². The first-order valence-electron chi connectivity index (χ1n) is 16.2. The van der Waals surface area contributed by atoms with Crippen molar-refractivity contribution in [2.75, 3.05) is 9.34 Å². The molecule has 0 spiro atoms. The number of hydrogen-bond donors (Lipinski definition) is 0. The number of hydrogen-bond acceptors (Lipinski definition) is 3. The van der Waals surface area contributed by atoms with Crippen molar-refractivity contribution in [3.8, 4) is 28.2 Å². The van der Waals surface area contributed by atoms with E-state index < -0.39 is 8.22 Å². The van der Waals surface area contributed by atoms with Gasteiger partial charge in [0.15, 0.2) is 0 Å². The SMILES string of the molecule is c1ccc(-c2nc3ccccc3n2-c2ccc(-c3ccc4c(c3)N(c3ccccc3)P(c3ccccc3)N4c3ccccc3)cc2)cc1. The third kappa shape index (κ3) is 4.86. The molecule has 1 aliphatic heterocycles. The molecule has 0 fully saturated rings. The van der Waals surface area contributed by atoms with E-state index in [1.807, 2.05) is 12.1 Å². The molecule has 48 heavy (non-hydrogen) atoms. The maximum atomic E-state index is 5.04. The molecule has 1 atom stereocenters. The van der Waals surface area contributed by atoms with Crippen molar-refractivity contribution < 1.29 is 0 Å². The van der Waals surface area contributed by atoms with Gasteiger partial charge in [-0.15, -0.1) is 0 Å². The second-order valence-corrected chi connectivity index (χ2v) is 13.7. The molecule has 1 aromatic heterocycles. The molecule has 2 heterocycles. The molecule has 228 valence electrons. The van der Waals surface area contributed by atoms with Gasteiger partial charge < -0.3 is 0 Å². The lowest BCUT2D eigenvalue weighted by Gasteiger charge is -2.32. The van der Waals surface area contributed by atoms with Gasteiger partial charge in [0.1, 0.15) is 14.0 Å². The van der Waals surface area contributed by atoms with Gasteiger partial charge in [0.05, 0.1) is 22.4 Å². The van der Waals surface area contributed by atoms with Gasteiger partial charge in [-0.25, -0.2) is 4.98 Å². The van der Waals surface area contributed by atoms with Crippen LogP contribution in [0, 0.1) is 0 Å². The summed E-state index contributed by atoms with van der Waals surface area (Å²) in [4.78, 5) is 5.04. The maximum Gasteiger partial charge on any atom is 0.145 e. The number of benzene rings is 7. The largest absolute Gasteiger partial charge is 0.297 e. The predicted octanol–water partition coefficient (Wildman–Crippen LogP) is 11.3. The molecule has 0 radical (unpaired) electrons. The summed E-state index contributed by atoms with van der Waals surface area (Å²) in [5, 5.41) is 1.30. The molecule has 4 nitrogen and oxygen atoms in total. The third-order valence-electron chi connectivity index (χ3n) is 8.85. The van der Waals surface area contributed by atoms with Crippen molar-refractivity contribution in [3.63, 3.8) is 0 Å². The average Bonchev–Trinajstić information content (AvgIpc) is 3.73. The van der Waals surface area contributed by atoms with E-state index in [9.17, 15) is 0 Å². The molecule has 0 bridgehead atoms. The van der Waals surface area contributed by atoms with Crippen LogP contribution in [0.2, 0.25) is 0 Å². The standard InChI is InChI=1S/C43H31N4P/c1-5-15-33(16-6-1)43-44-39-23-13-14-24-40(39)45(43)35-28-25-32(26-29-35)34-27-30-41-42(31-34)47(37-19-9-3-10-20-37)48(38-21-11-4-12-22-38)46(41)36-17-7-2-8-18-36/h1-31H. The minimum absolute atomic E-state index is 0.941. The van der Waals surface area contributed by atoms with Crippen LogP contribution >= 0.6 is 8.22 Å². The summed E-state index contributed by atoms with van der Waals surface area (Å²) >= 11 is 0. The summed E-state index contributed by atoms with van der Waals surface area (Å²) in [7, 11) is -0.944. The highest BCUT2D eigenvalue weighted by Crippen LogP contribution is 2.65. The lowest BCUT2D eigenvalue weighted by atomic mass is 10.0. The zero-order chi connectivity index (χ0) is 31.9. The van der Waals surface area contributed by atoms with E-state index in [4.69, 9.17) is 4.98 Å². The Morgan fingerprint density at radius 2 is 0.938 bits per heavy atom. The van der Waals surface area contributed by atoms with Gasteiger partial charge in [0, 0.05) is 27.9 Å². The molecular weight excluding hydrogens is 603 g/mol. The lowest BCUT2D eigenvalue weighted by molar-refractivity contribution is 1.10. The summed E-state index contributed by atoms with van der Waals surface area (Å²) < 4.78 is 7.32. The van der Waals surface area contributed by atoms with Crippen LogP contribution in [0.4, 0.5) is 22.7 Å². The molecule has 5 heteroatoms. The van der Waals surface area contributed by atoms with Gasteiger partial charge >= 0.3 is 0 Å². The van der Waals surface area contributed by atoms with Gasteiger partial charge in [-0.1, -0.05) is 127 Å². The van der Waals surface area contributed by atoms with E-state index in [0.717, 1.165) is 28.1 Å². The number of aromatic nitrogens is 2. The molecule has 8 aromatic rings. The van der Waals surface area contributed by atoms with E-state index in [-0.39, 0.29) is 0 Å². The summed E-state index contributed by atoms with van der Waals surface area (Å²) in [6.07, 6.45) is 0. The smallest absolute Gasteiger partial charge is 0.145 e. The van der Waals surface area contributed by atoms with Crippen molar-refractivity contribution in [3.05, 3.63) is 188 Å². The predicted molar refractivity (Wildman–Crippen MR) is 202 cm³/mol. The summed E-state index contributed by atoms with van der Waals surface area (Å²) in [6, 6.07) is 67.0. The van der Waals surface area contributed by atoms with E-state index in [2.05, 4.69) is 190 Å². The number of anilines is 4. The number of fused-ring (bicyclic) bond motifs is 2. The number of rotatable bonds is 6. The second-order valence-electron chi connectivity index (χ2n) is 11.8. The van der Waals surface area contributed by atoms with Crippen LogP contribution in [0.15, 0.2) is 188 Å². The van der Waals surface area contributed by atoms with Crippen LogP contribution in [0.5, 0.6) is 0 Å². The molecule has 1 unspecified atom stereocenters. The van der Waals surface area contributed by atoms with Gasteiger partial charge in [0.2, 0.25) is 0 Å². The Morgan fingerprint density at radius 1 is 0.396 bits per heavy atom. The average molecular weight is 635 g/mol. The minimum Gasteiger partial charge on any atom is -0.297 e. The quantitative estimate of drug-likeness (QED) is 0.170. The molecule has 0 saturated heterocycles. The normalized spacial score (nSPS) is 14.0. The molecule has 0 amide bonds. The number of para-hydroxylation sites is 4. The first kappa shape index (κ1) is 28.3. The zero-order valence-electron chi connectivity index (χ0n) is 26.1. The Morgan fingerprint density at radius 3 is 1.60 bits per heavy atom. The number of nitrogens with zero attached hydrogens (tertiary/aromatic N) is 4. The van der Waals surface area contributed by atoms with Crippen LogP contribution in [-0.2, 0) is 0 Å². The van der Waals surface area contributed by atoms with Crippen LogP contribution in [0.3, 0.4) is 0 Å². The number of imidazole rings is 1. The molecule has 0 saturated carbocycles. The first-order valence-corrected chi connectivity index (χ1v) is 17.4. The van der Waals surface area contributed by atoms with Crippen molar-refractivity contribution in [1.29, 1.82) is 0 Å². The Hall–Kier alpha value is -5.96. The summed E-state index contributed by atoms with van der Waals surface area (Å²) in [5.74, 6) is 0.941. The van der Waals surface area contributed by atoms with Crippen LogP contribution in [-0.4, -0.2) is 9.55 Å². The van der Waals surface area contributed by atoms with Gasteiger partial charge in [-0.2, -0.15) is 0 Å². The first-order chi connectivity index (χ1) is 23.8. The monoisotopic (exact) mass is 634 g/mol. The van der Waals surface area contributed by atoms with E-state index in [0.29, 0.717) is 0 Å². The van der Waals surface area contributed by atoms with Crippen molar-refractivity contribution >= 4 is 47.3 Å². The van der Waals surface area contributed by atoms with Crippen LogP contribution in [0.25, 0.3) is 39.2 Å². The highest BCUT2D eigenvalue weighted by Gasteiger charge is 2.39. The maximum absolute atomic E-state index is 5.04. The fourth-order valence-electron chi connectivity index (χ4n) is 6.64. The molecule has 0 aliphatic carbocycles. The third-order valence-corrected chi connectivity index (χ3v) is 11.3. The zero-order valence-corrected chi connectivity index (χ0v) is 27.0. The fourth-order valence-corrected chi connectivity index (χ4v) is 9.17. The Bertz CT molecular complexity index is 2340. The Kier molecular flexibility index (Phi) is 7.07. The van der Waals surface area contributed by atoms with Crippen molar-refractivity contribution in [1.82, 2.24) is 9.55 Å². The van der Waals surface area contributed by atoms with Gasteiger partial charge in [-0.3, -0.25) is 13.9 Å². The Balaban J connectivity index is 1.17. The van der Waals surface area contributed by atoms with Crippen molar-refractivity contribution in [2.45, 2.75) is 0 Å². The van der Waals surface area contributed by atoms with Crippen molar-refractivity contribution in [2.24, 2.45) is 0 Å². The molecule has 0 N–H and O–H groups in total. The lowest BCUT2D eigenvalue weighted by Crippen LogP contribution is -2.21. The Labute approximate surface area is 281 Å². The van der Waals surface area contributed by atoms with E-state index >= 15 is 0 Å². The van der Waals surface area contributed by atoms with Crippen LogP contribution < -0.4 is 14.6 Å². The molecule has 9 rings (SSSR count). The highest BCUT2D eigenvalue weighted by atomic mass is 31.1. The summed E-state index contributed by atoms with van der Waals surface area (Å²) in [6.45, 7) is 0. The summed E-state index contributed by atoms with van der Waals surface area (Å²) in [5.41, 5.74) is 11.4. The van der Waals surface area contributed by atoms with E-state index in [1.165, 1.54) is 39.2 Å². The topological polar surface area (TPSA) is 24.3 Å². The fraction of sp³-hybridized carbons (Fsp3) is 0. The minimum atomic E-state index is -0.944. The highest BCUT2D eigenvalue weighted by molar-refractivity contribution is 7.70. The van der Waals surface area contributed by atoms with E-state index in [1.54, 1.807) is 0 Å². The molecular formula is C43H31N4P. The molecule has 1 aliphatic rings. The van der Waals surface area contributed by atoms with Crippen LogP contribution in [0.1, 0.15) is 0 Å². The molecule has 7 aromatic carbocycles. The van der Waals surface area contributed by atoms with Gasteiger partial charge in [-0.05, 0) is 71.8 Å².